The first-order valence-electron chi connectivity index (χ1n) is 17.3. The third-order valence-electron chi connectivity index (χ3n) is 8.17. The van der Waals surface area contributed by atoms with Crippen molar-refractivity contribution in [1.82, 2.24) is 10.6 Å². The number of hydrogen-bond acceptors (Lipinski definition) is 7. The van der Waals surface area contributed by atoms with Gasteiger partial charge in [0.15, 0.2) is 0 Å². The number of amides is 3. The van der Waals surface area contributed by atoms with Crippen molar-refractivity contribution in [3.63, 3.8) is 0 Å². The van der Waals surface area contributed by atoms with Gasteiger partial charge in [0.1, 0.15) is 11.8 Å². The molecular weight excluding hydrogens is 634 g/mol. The van der Waals surface area contributed by atoms with Crippen LogP contribution in [0.15, 0.2) is 60.7 Å². The van der Waals surface area contributed by atoms with E-state index in [0.717, 1.165) is 66.5 Å². The van der Waals surface area contributed by atoms with Crippen LogP contribution in [-0.4, -0.2) is 60.6 Å². The first kappa shape index (κ1) is 41.4. The van der Waals surface area contributed by atoms with Crippen LogP contribution >= 0.6 is 0 Å². The van der Waals surface area contributed by atoms with Gasteiger partial charge in [-0.2, -0.15) is 0 Å². The first-order chi connectivity index (χ1) is 23.9. The van der Waals surface area contributed by atoms with E-state index in [1.165, 1.54) is 16.7 Å². The van der Waals surface area contributed by atoms with Gasteiger partial charge in [0.05, 0.1) is 19.1 Å². The average molecular weight is 690 g/mol. The number of carboxylic acid groups (broad SMARTS) is 1. The number of carbonyl (C=O) groups is 4. The molecule has 0 aliphatic rings. The van der Waals surface area contributed by atoms with Crippen molar-refractivity contribution in [3.05, 3.63) is 88.5 Å². The number of nitrogens with two attached hydrogens (primary N) is 3. The van der Waals surface area contributed by atoms with Gasteiger partial charge >= 0.3 is 5.97 Å². The van der Waals surface area contributed by atoms with Gasteiger partial charge in [0.25, 0.3) is 0 Å². The molecule has 11 nitrogen and oxygen atoms in total. The minimum atomic E-state index is -1.26. The lowest BCUT2D eigenvalue weighted by Crippen LogP contribution is -2.54. The molecule has 0 aliphatic heterocycles. The van der Waals surface area contributed by atoms with Crippen LogP contribution in [0.4, 0.5) is 0 Å². The molecule has 0 bridgehead atoms. The smallest absolute Gasteiger partial charge is 0.305 e. The largest absolute Gasteiger partial charge is 0.494 e. The Balaban J connectivity index is 0.00000278. The van der Waals surface area contributed by atoms with Crippen LogP contribution in [0.5, 0.6) is 5.75 Å². The van der Waals surface area contributed by atoms with Gasteiger partial charge in [-0.05, 0) is 106 Å². The summed E-state index contributed by atoms with van der Waals surface area (Å²) in [6.45, 7) is 9.52. The maximum atomic E-state index is 13.5. The monoisotopic (exact) mass is 689 g/mol. The van der Waals surface area contributed by atoms with Crippen LogP contribution in [-0.2, 0) is 38.4 Å². The molecule has 11 heteroatoms. The zero-order chi connectivity index (χ0) is 37.1. The molecule has 0 radical (unpaired) electrons. The molecule has 2 unspecified atom stereocenters. The topological polar surface area (TPSA) is 200 Å². The second kappa shape index (κ2) is 22.1. The second-order valence-electron chi connectivity index (χ2n) is 12.6. The molecule has 0 aromatic heterocycles. The lowest BCUT2D eigenvalue weighted by Gasteiger charge is -2.23. The second-order valence-corrected chi connectivity index (χ2v) is 12.6. The summed E-state index contributed by atoms with van der Waals surface area (Å²) in [5.41, 5.74) is 23.5. The fraction of sp³-hybridized carbons (Fsp3) is 0.436. The highest BCUT2D eigenvalue weighted by atomic mass is 16.5. The highest BCUT2D eigenvalue weighted by Gasteiger charge is 2.26. The molecule has 9 N–H and O–H groups in total. The molecule has 0 heterocycles. The summed E-state index contributed by atoms with van der Waals surface area (Å²) in [6.07, 6.45) is 5.20. The summed E-state index contributed by atoms with van der Waals surface area (Å²) < 4.78 is 5.90. The first-order valence-corrected chi connectivity index (χ1v) is 17.3. The van der Waals surface area contributed by atoms with Crippen LogP contribution in [0.2, 0.25) is 0 Å². The number of primary amides is 1. The molecule has 50 heavy (non-hydrogen) atoms. The molecule has 272 valence electrons. The molecule has 0 spiro atoms. The van der Waals surface area contributed by atoms with Crippen molar-refractivity contribution in [1.29, 1.82) is 0 Å². The summed E-state index contributed by atoms with van der Waals surface area (Å²) in [6, 6.07) is 18.2. The maximum Gasteiger partial charge on any atom is 0.305 e. The fourth-order valence-corrected chi connectivity index (χ4v) is 5.74. The highest BCUT2D eigenvalue weighted by Crippen LogP contribution is 2.29. The number of rotatable bonds is 19. The van der Waals surface area contributed by atoms with Gasteiger partial charge in [-0.15, -0.1) is 0 Å². The minimum absolute atomic E-state index is 0.122. The van der Waals surface area contributed by atoms with Crippen molar-refractivity contribution in [2.24, 2.45) is 17.2 Å². The summed E-state index contributed by atoms with van der Waals surface area (Å²) in [4.78, 5) is 46.0. The molecule has 3 atom stereocenters. The third kappa shape index (κ3) is 14.8. The normalized spacial score (nSPS) is 12.4. The van der Waals surface area contributed by atoms with E-state index >= 15 is 0 Å². The van der Waals surface area contributed by atoms with Crippen LogP contribution < -0.4 is 32.6 Å². The fourth-order valence-electron chi connectivity index (χ4n) is 5.74. The molecule has 3 amide bonds. The average Bonchev–Trinajstić information content (AvgIpc) is 3.06. The Labute approximate surface area is 296 Å². The van der Waals surface area contributed by atoms with Crippen molar-refractivity contribution in [2.75, 3.05) is 13.2 Å². The van der Waals surface area contributed by atoms with Crippen LogP contribution in [0.1, 0.15) is 73.8 Å². The molecule has 0 saturated carbocycles. The summed E-state index contributed by atoms with van der Waals surface area (Å²) in [7, 11) is 0. The van der Waals surface area contributed by atoms with E-state index in [0.29, 0.717) is 13.2 Å². The summed E-state index contributed by atoms with van der Waals surface area (Å²) in [5.74, 6) is -1.35. The molecular formula is C39H55N5O6. The van der Waals surface area contributed by atoms with Crippen LogP contribution in [0.25, 0.3) is 11.1 Å². The zero-order valence-corrected chi connectivity index (χ0v) is 29.9. The number of hydrogen-bond donors (Lipinski definition) is 6. The van der Waals surface area contributed by atoms with Gasteiger partial charge in [-0.3, -0.25) is 19.2 Å². The van der Waals surface area contributed by atoms with Crippen molar-refractivity contribution in [3.8, 4) is 16.9 Å². The summed E-state index contributed by atoms with van der Waals surface area (Å²) >= 11 is 0. The predicted octanol–water partition coefficient (Wildman–Crippen LogP) is 4.11. The van der Waals surface area contributed by atoms with Crippen molar-refractivity contribution < 1.29 is 29.0 Å². The lowest BCUT2D eigenvalue weighted by molar-refractivity contribution is -0.139. The van der Waals surface area contributed by atoms with E-state index in [4.69, 9.17) is 26.1 Å². The number of carboxylic acids is 1. The van der Waals surface area contributed by atoms with E-state index in [9.17, 15) is 14.4 Å². The van der Waals surface area contributed by atoms with E-state index in [1.807, 2.05) is 37.3 Å². The van der Waals surface area contributed by atoms with E-state index < -0.39 is 30.4 Å². The maximum absolute atomic E-state index is 13.5. The summed E-state index contributed by atoms with van der Waals surface area (Å²) in [5, 5.41) is 14.9. The Morgan fingerprint density at radius 1 is 0.900 bits per heavy atom. The van der Waals surface area contributed by atoms with Gasteiger partial charge in [-0.1, -0.05) is 66.6 Å². The molecule has 3 rings (SSSR count). The third-order valence-corrected chi connectivity index (χ3v) is 8.17. The van der Waals surface area contributed by atoms with Crippen molar-refractivity contribution in [2.45, 2.75) is 97.2 Å². The number of benzene rings is 3. The Bertz CT molecular complexity index is 1510. The Morgan fingerprint density at radius 3 is 2.16 bits per heavy atom. The SMILES string of the molecule is CCc1cc(OCCCCN)ccc1-c1ccc(C[C@H](NC(=O)C(N)CC(=O)O)C(=O)NC(C)CCCc2cc(C)cc(C)c2)cc1.NC=O. The highest BCUT2D eigenvalue weighted by molar-refractivity contribution is 5.91. The molecule has 0 saturated heterocycles. The van der Waals surface area contributed by atoms with E-state index in [1.54, 1.807) is 0 Å². The Kier molecular flexibility index (Phi) is 18.3. The van der Waals surface area contributed by atoms with Crippen LogP contribution in [0.3, 0.4) is 0 Å². The number of ether oxygens (including phenoxy) is 1. The van der Waals surface area contributed by atoms with Gasteiger partial charge in [0, 0.05) is 12.5 Å². The quantitative estimate of drug-likeness (QED) is 0.0798. The van der Waals surface area contributed by atoms with E-state index in [2.05, 4.69) is 67.5 Å². The molecule has 3 aromatic rings. The molecule has 0 aliphatic carbocycles. The van der Waals surface area contributed by atoms with Crippen molar-refractivity contribution >= 4 is 24.2 Å². The van der Waals surface area contributed by atoms with Crippen LogP contribution in [0, 0.1) is 13.8 Å². The minimum Gasteiger partial charge on any atom is -0.494 e. The lowest BCUT2D eigenvalue weighted by atomic mass is 9.95. The molecule has 3 aromatic carbocycles. The number of nitrogens with one attached hydrogen (secondary N) is 2. The van der Waals surface area contributed by atoms with Gasteiger partial charge in [0.2, 0.25) is 18.2 Å². The van der Waals surface area contributed by atoms with E-state index in [-0.39, 0.29) is 24.8 Å². The van der Waals surface area contributed by atoms with Gasteiger partial charge in [-0.25, -0.2) is 0 Å². The molecule has 0 fully saturated rings. The Morgan fingerprint density at radius 2 is 1.56 bits per heavy atom. The number of carbonyl (C=O) groups excluding carboxylic acids is 3. The zero-order valence-electron chi connectivity index (χ0n) is 29.9. The predicted molar refractivity (Wildman–Crippen MR) is 198 cm³/mol. The van der Waals surface area contributed by atoms with Gasteiger partial charge < -0.3 is 37.7 Å². The number of aliphatic carboxylic acids is 1. The number of unbranched alkanes of at least 4 members (excludes halogenated alkanes) is 1. The number of aryl methyl sites for hydroxylation is 4. The Hall–Kier alpha value is -4.74. The standard InChI is InChI=1S/C38H52N4O5.CH3NO/c1-5-30-23-32(47-18-7-6-17-39)15-16-33(30)31-13-11-28(12-14-31)22-35(42-37(45)34(40)24-36(43)44)38(46)41-27(4)9-8-10-29-20-25(2)19-26(3)21-29;2-1-3/h11-16,19-21,23,27,34-35H,5-10,17-18,22,24,39-40H2,1-4H3,(H,41,46)(H,42,45)(H,43,44);1H,(H2,2,3)/t27?,34?,35-;/m0./s1.